The topological polar surface area (TPSA) is 64.6 Å². The second kappa shape index (κ2) is 8.44. The van der Waals surface area contributed by atoms with Crippen LogP contribution in [0.2, 0.25) is 0 Å². The van der Waals surface area contributed by atoms with E-state index in [0.29, 0.717) is 19.6 Å². The van der Waals surface area contributed by atoms with Crippen LogP contribution in [0.1, 0.15) is 36.6 Å². The molecule has 7 heteroatoms. The number of carbonyl (C=O) groups excluding carboxylic acids is 1. The Morgan fingerprint density at radius 2 is 2.03 bits per heavy atom. The molecule has 6 nitrogen and oxygen atoms in total. The van der Waals surface area contributed by atoms with Gasteiger partial charge in [-0.25, -0.2) is 4.98 Å². The van der Waals surface area contributed by atoms with Crippen LogP contribution >= 0.6 is 11.3 Å². The molecule has 1 atom stereocenters. The standard InChI is InChI=1S/C23H23N3O3S/c27-22(14-17-15-30-23(25-17)18-5-1-2-9-24-18)26-10-3-6-19(26)16-7-8-20-21(13-16)29-12-4-11-28-20/h1-2,5,7-9,13,15,19H,3-4,6,10-12,14H2/t19-/m0/s1. The number of thiazole rings is 1. The van der Waals surface area contributed by atoms with E-state index in [-0.39, 0.29) is 11.9 Å². The van der Waals surface area contributed by atoms with Gasteiger partial charge in [-0.1, -0.05) is 12.1 Å². The van der Waals surface area contributed by atoms with Crippen molar-refractivity contribution in [2.75, 3.05) is 19.8 Å². The van der Waals surface area contributed by atoms with Crippen molar-refractivity contribution >= 4 is 17.2 Å². The van der Waals surface area contributed by atoms with Crippen LogP contribution in [0.3, 0.4) is 0 Å². The van der Waals surface area contributed by atoms with Crippen molar-refractivity contribution in [2.24, 2.45) is 0 Å². The fourth-order valence-corrected chi connectivity index (χ4v) is 4.85. The maximum atomic E-state index is 13.1. The van der Waals surface area contributed by atoms with Gasteiger partial charge in [-0.2, -0.15) is 0 Å². The van der Waals surface area contributed by atoms with Crippen molar-refractivity contribution in [2.45, 2.75) is 31.7 Å². The lowest BCUT2D eigenvalue weighted by atomic mass is 10.0. The number of carbonyl (C=O) groups is 1. The fourth-order valence-electron chi connectivity index (χ4n) is 4.05. The van der Waals surface area contributed by atoms with E-state index in [9.17, 15) is 4.79 Å². The first-order valence-electron chi connectivity index (χ1n) is 10.3. The van der Waals surface area contributed by atoms with E-state index in [1.165, 1.54) is 11.3 Å². The summed E-state index contributed by atoms with van der Waals surface area (Å²) in [6.45, 7) is 2.11. The lowest BCUT2D eigenvalue weighted by molar-refractivity contribution is -0.131. The highest BCUT2D eigenvalue weighted by atomic mass is 32.1. The monoisotopic (exact) mass is 421 g/mol. The molecular formula is C23H23N3O3S. The summed E-state index contributed by atoms with van der Waals surface area (Å²) in [6, 6.07) is 11.9. The number of hydrogen-bond donors (Lipinski definition) is 0. The highest BCUT2D eigenvalue weighted by Gasteiger charge is 2.31. The van der Waals surface area contributed by atoms with E-state index < -0.39 is 0 Å². The Kier molecular flexibility index (Phi) is 5.36. The van der Waals surface area contributed by atoms with Gasteiger partial charge in [0.1, 0.15) is 5.01 Å². The highest BCUT2D eigenvalue weighted by Crippen LogP contribution is 2.38. The Hall–Kier alpha value is -2.93. The summed E-state index contributed by atoms with van der Waals surface area (Å²) < 4.78 is 11.6. The molecule has 1 fully saturated rings. The zero-order valence-electron chi connectivity index (χ0n) is 16.6. The molecule has 2 aliphatic heterocycles. The van der Waals surface area contributed by atoms with E-state index in [2.05, 4.69) is 16.0 Å². The minimum Gasteiger partial charge on any atom is -0.490 e. The van der Waals surface area contributed by atoms with Crippen molar-refractivity contribution in [1.82, 2.24) is 14.9 Å². The van der Waals surface area contributed by atoms with Crippen molar-refractivity contribution in [3.8, 4) is 22.2 Å². The molecule has 1 saturated heterocycles. The summed E-state index contributed by atoms with van der Waals surface area (Å²) in [7, 11) is 0. The molecule has 30 heavy (non-hydrogen) atoms. The van der Waals surface area contributed by atoms with Crippen LogP contribution in [-0.4, -0.2) is 40.5 Å². The summed E-state index contributed by atoms with van der Waals surface area (Å²) in [6.07, 6.45) is 4.91. The van der Waals surface area contributed by atoms with Gasteiger partial charge < -0.3 is 14.4 Å². The molecule has 2 aromatic heterocycles. The van der Waals surface area contributed by atoms with Gasteiger partial charge in [-0.15, -0.1) is 11.3 Å². The van der Waals surface area contributed by atoms with Gasteiger partial charge in [-0.05, 0) is 42.7 Å². The summed E-state index contributed by atoms with van der Waals surface area (Å²) in [4.78, 5) is 24.1. The van der Waals surface area contributed by atoms with Crippen molar-refractivity contribution in [3.05, 3.63) is 59.2 Å². The summed E-state index contributed by atoms with van der Waals surface area (Å²) in [5.74, 6) is 1.68. The van der Waals surface area contributed by atoms with E-state index in [4.69, 9.17) is 9.47 Å². The molecule has 0 radical (unpaired) electrons. The van der Waals surface area contributed by atoms with Crippen molar-refractivity contribution in [1.29, 1.82) is 0 Å². The van der Waals surface area contributed by atoms with Crippen molar-refractivity contribution < 1.29 is 14.3 Å². The van der Waals surface area contributed by atoms with Gasteiger partial charge in [0, 0.05) is 24.5 Å². The van der Waals surface area contributed by atoms with Crippen LogP contribution in [0.15, 0.2) is 48.0 Å². The molecule has 0 N–H and O–H groups in total. The molecule has 0 bridgehead atoms. The number of aromatic nitrogens is 2. The second-order valence-corrected chi connectivity index (χ2v) is 8.40. The zero-order chi connectivity index (χ0) is 20.3. The van der Waals surface area contributed by atoms with Gasteiger partial charge in [0.15, 0.2) is 11.5 Å². The molecule has 0 saturated carbocycles. The highest BCUT2D eigenvalue weighted by molar-refractivity contribution is 7.13. The van der Waals surface area contributed by atoms with E-state index in [0.717, 1.165) is 59.3 Å². The Morgan fingerprint density at radius 1 is 1.13 bits per heavy atom. The predicted octanol–water partition coefficient (Wildman–Crippen LogP) is 4.27. The van der Waals surface area contributed by atoms with Gasteiger partial charge in [-0.3, -0.25) is 9.78 Å². The maximum Gasteiger partial charge on any atom is 0.229 e. The molecule has 1 amide bonds. The smallest absolute Gasteiger partial charge is 0.229 e. The van der Waals surface area contributed by atoms with E-state index in [1.54, 1.807) is 6.20 Å². The number of nitrogens with zero attached hydrogens (tertiary/aromatic N) is 3. The normalized spacial score (nSPS) is 18.3. The lowest BCUT2D eigenvalue weighted by Crippen LogP contribution is -2.31. The summed E-state index contributed by atoms with van der Waals surface area (Å²) in [5.41, 5.74) is 2.75. The van der Waals surface area contributed by atoms with Gasteiger partial charge in [0.05, 0.1) is 37.1 Å². The Morgan fingerprint density at radius 3 is 2.90 bits per heavy atom. The Balaban J connectivity index is 1.31. The molecule has 0 spiro atoms. The van der Waals surface area contributed by atoms with Crippen LogP contribution < -0.4 is 9.47 Å². The number of likely N-dealkylation sites (tertiary alicyclic amines) is 1. The Labute approximate surface area is 179 Å². The van der Waals surface area contributed by atoms with Crippen LogP contribution in [0, 0.1) is 0 Å². The maximum absolute atomic E-state index is 13.1. The van der Waals surface area contributed by atoms with E-state index >= 15 is 0 Å². The van der Waals surface area contributed by atoms with Gasteiger partial charge >= 0.3 is 0 Å². The largest absolute Gasteiger partial charge is 0.490 e. The van der Waals surface area contributed by atoms with Crippen LogP contribution in [0.25, 0.3) is 10.7 Å². The molecule has 0 unspecified atom stereocenters. The van der Waals surface area contributed by atoms with Gasteiger partial charge in [0.25, 0.3) is 0 Å². The number of benzene rings is 1. The van der Waals surface area contributed by atoms with Crippen LogP contribution in [-0.2, 0) is 11.2 Å². The summed E-state index contributed by atoms with van der Waals surface area (Å²) >= 11 is 1.53. The second-order valence-electron chi connectivity index (χ2n) is 7.54. The SMILES string of the molecule is O=C(Cc1csc(-c2ccccn2)n1)N1CCC[C@H]1c1ccc2c(c1)OCCCO2. The third-order valence-corrected chi connectivity index (χ3v) is 6.41. The first-order valence-corrected chi connectivity index (χ1v) is 11.2. The minimum atomic E-state index is 0.0727. The third kappa shape index (κ3) is 3.89. The van der Waals surface area contributed by atoms with E-state index in [1.807, 2.05) is 40.6 Å². The minimum absolute atomic E-state index is 0.0727. The molecule has 5 rings (SSSR count). The third-order valence-electron chi connectivity index (χ3n) is 5.50. The Bertz CT molecular complexity index is 1040. The average molecular weight is 422 g/mol. The fraction of sp³-hybridized carbons (Fsp3) is 0.348. The number of pyridine rings is 1. The number of rotatable bonds is 4. The molecule has 4 heterocycles. The first-order chi connectivity index (χ1) is 14.8. The van der Waals surface area contributed by atoms with Crippen molar-refractivity contribution in [3.63, 3.8) is 0 Å². The first kappa shape index (κ1) is 19.1. The zero-order valence-corrected chi connectivity index (χ0v) is 17.4. The average Bonchev–Trinajstić information content (AvgIpc) is 3.39. The number of amides is 1. The molecular weight excluding hydrogens is 398 g/mol. The van der Waals surface area contributed by atoms with Crippen LogP contribution in [0.4, 0.5) is 0 Å². The number of ether oxygens (including phenoxy) is 2. The quantitative estimate of drug-likeness (QED) is 0.629. The molecule has 0 aliphatic carbocycles. The molecule has 2 aliphatic rings. The number of hydrogen-bond acceptors (Lipinski definition) is 6. The predicted molar refractivity (Wildman–Crippen MR) is 115 cm³/mol. The van der Waals surface area contributed by atoms with Gasteiger partial charge in [0.2, 0.25) is 5.91 Å². The lowest BCUT2D eigenvalue weighted by Gasteiger charge is -2.25. The number of fused-ring (bicyclic) bond motifs is 1. The van der Waals surface area contributed by atoms with Crippen LogP contribution in [0.5, 0.6) is 11.5 Å². The molecule has 154 valence electrons. The molecule has 1 aromatic carbocycles. The molecule has 3 aromatic rings. The summed E-state index contributed by atoms with van der Waals surface area (Å²) in [5, 5.41) is 2.81.